The number of esters is 1. The summed E-state index contributed by atoms with van der Waals surface area (Å²) < 4.78 is 11.6. The van der Waals surface area contributed by atoms with E-state index < -0.39 is 5.97 Å². The van der Waals surface area contributed by atoms with E-state index in [1.165, 1.54) is 0 Å². The van der Waals surface area contributed by atoms with E-state index in [2.05, 4.69) is 15.9 Å². The van der Waals surface area contributed by atoms with E-state index in [1.54, 1.807) is 36.4 Å². The summed E-state index contributed by atoms with van der Waals surface area (Å²) >= 11 is 9.20. The Labute approximate surface area is 128 Å². The first-order valence-electron chi connectivity index (χ1n) is 5.79. The van der Waals surface area contributed by atoms with E-state index in [0.29, 0.717) is 16.4 Å². The van der Waals surface area contributed by atoms with Crippen LogP contribution in [0.3, 0.4) is 0 Å². The third kappa shape index (κ3) is 2.71. The Kier molecular flexibility index (Phi) is 3.51. The van der Waals surface area contributed by atoms with Gasteiger partial charge in [0.05, 0.1) is 0 Å². The minimum Gasteiger partial charge on any atom is -0.449 e. The molecule has 0 aliphatic heterocycles. The summed E-state index contributed by atoms with van der Waals surface area (Å²) in [5.74, 6) is -0.0261. The minimum atomic E-state index is -0.556. The summed E-state index contributed by atoms with van der Waals surface area (Å²) in [7, 11) is 0. The lowest BCUT2D eigenvalue weighted by atomic mass is 10.2. The fourth-order valence-electron chi connectivity index (χ4n) is 1.80. The Balaban J connectivity index is 1.88. The van der Waals surface area contributed by atoms with Crippen LogP contribution in [0.5, 0.6) is 5.75 Å². The molecular formula is C15H8BrClO3. The van der Waals surface area contributed by atoms with Gasteiger partial charge in [-0.05, 0) is 42.5 Å². The molecule has 20 heavy (non-hydrogen) atoms. The maximum atomic E-state index is 12.0. The molecule has 0 aliphatic carbocycles. The van der Waals surface area contributed by atoms with Crippen molar-refractivity contribution in [3.8, 4) is 5.75 Å². The third-order valence-electron chi connectivity index (χ3n) is 2.69. The number of benzene rings is 2. The SMILES string of the molecule is O=C(Oc1cccc(Cl)c1)c1cc2cc(Br)ccc2o1. The Morgan fingerprint density at radius 3 is 2.80 bits per heavy atom. The van der Waals surface area contributed by atoms with Crippen LogP contribution in [0.4, 0.5) is 0 Å². The molecule has 0 radical (unpaired) electrons. The van der Waals surface area contributed by atoms with Crippen molar-refractivity contribution in [3.63, 3.8) is 0 Å². The van der Waals surface area contributed by atoms with Gasteiger partial charge in [-0.2, -0.15) is 0 Å². The van der Waals surface area contributed by atoms with E-state index in [4.69, 9.17) is 20.8 Å². The number of ether oxygens (including phenoxy) is 1. The Morgan fingerprint density at radius 1 is 1.15 bits per heavy atom. The maximum absolute atomic E-state index is 12.0. The molecule has 0 spiro atoms. The number of carbonyl (C=O) groups is 1. The first-order chi connectivity index (χ1) is 9.61. The van der Waals surface area contributed by atoms with Crippen molar-refractivity contribution >= 4 is 44.5 Å². The van der Waals surface area contributed by atoms with Gasteiger partial charge in [-0.25, -0.2) is 4.79 Å². The first kappa shape index (κ1) is 13.2. The van der Waals surface area contributed by atoms with Crippen LogP contribution in [0.1, 0.15) is 10.6 Å². The molecule has 5 heteroatoms. The molecule has 2 aromatic carbocycles. The summed E-state index contributed by atoms with van der Waals surface area (Å²) in [5, 5.41) is 1.33. The second kappa shape index (κ2) is 5.31. The highest BCUT2D eigenvalue weighted by molar-refractivity contribution is 9.10. The predicted molar refractivity (Wildman–Crippen MR) is 80.3 cm³/mol. The van der Waals surface area contributed by atoms with Crippen molar-refractivity contribution in [3.05, 3.63) is 63.8 Å². The number of rotatable bonds is 2. The molecule has 0 aliphatic rings. The lowest BCUT2D eigenvalue weighted by molar-refractivity contribution is 0.0704. The van der Waals surface area contributed by atoms with Crippen LogP contribution in [0.15, 0.2) is 57.4 Å². The van der Waals surface area contributed by atoms with Crippen molar-refractivity contribution in [2.45, 2.75) is 0 Å². The van der Waals surface area contributed by atoms with Gasteiger partial charge in [-0.15, -0.1) is 0 Å². The number of hydrogen-bond donors (Lipinski definition) is 0. The van der Waals surface area contributed by atoms with Crippen LogP contribution in [0, 0.1) is 0 Å². The van der Waals surface area contributed by atoms with Crippen molar-refractivity contribution in [1.29, 1.82) is 0 Å². The summed E-state index contributed by atoms with van der Waals surface area (Å²) in [6, 6.07) is 13.8. The van der Waals surface area contributed by atoms with Crippen LogP contribution < -0.4 is 4.74 Å². The third-order valence-corrected chi connectivity index (χ3v) is 3.41. The number of fused-ring (bicyclic) bond motifs is 1. The molecule has 3 aromatic rings. The normalized spacial score (nSPS) is 10.7. The van der Waals surface area contributed by atoms with Gasteiger partial charge in [-0.1, -0.05) is 33.6 Å². The molecule has 0 saturated carbocycles. The molecule has 0 unspecified atom stereocenters. The van der Waals surface area contributed by atoms with E-state index >= 15 is 0 Å². The Hall–Kier alpha value is -1.78. The average Bonchev–Trinajstić information content (AvgIpc) is 2.81. The maximum Gasteiger partial charge on any atom is 0.379 e. The molecule has 1 heterocycles. The molecule has 1 aromatic heterocycles. The summed E-state index contributed by atoms with van der Waals surface area (Å²) in [5.41, 5.74) is 0.631. The molecule has 0 bridgehead atoms. The number of hydrogen-bond acceptors (Lipinski definition) is 3. The molecule has 0 N–H and O–H groups in total. The molecule has 3 nitrogen and oxygen atoms in total. The summed E-state index contributed by atoms with van der Waals surface area (Å²) in [6.07, 6.45) is 0. The highest BCUT2D eigenvalue weighted by atomic mass is 79.9. The second-order valence-corrected chi connectivity index (χ2v) is 5.49. The Morgan fingerprint density at radius 2 is 2.00 bits per heavy atom. The quantitative estimate of drug-likeness (QED) is 0.478. The zero-order valence-electron chi connectivity index (χ0n) is 10.1. The lowest BCUT2D eigenvalue weighted by Gasteiger charge is -2.01. The van der Waals surface area contributed by atoms with Crippen LogP contribution in [0.25, 0.3) is 11.0 Å². The van der Waals surface area contributed by atoms with Gasteiger partial charge in [-0.3, -0.25) is 0 Å². The van der Waals surface area contributed by atoms with Gasteiger partial charge in [0.2, 0.25) is 5.76 Å². The van der Waals surface area contributed by atoms with Gasteiger partial charge in [0.15, 0.2) is 0 Å². The Bertz CT molecular complexity index is 795. The van der Waals surface area contributed by atoms with E-state index in [-0.39, 0.29) is 5.76 Å². The molecule has 0 fully saturated rings. The van der Waals surface area contributed by atoms with Gasteiger partial charge < -0.3 is 9.15 Å². The van der Waals surface area contributed by atoms with Crippen molar-refractivity contribution in [1.82, 2.24) is 0 Å². The fourth-order valence-corrected chi connectivity index (χ4v) is 2.36. The van der Waals surface area contributed by atoms with E-state index in [0.717, 1.165) is 9.86 Å². The van der Waals surface area contributed by atoms with Crippen LogP contribution >= 0.6 is 27.5 Å². The van der Waals surface area contributed by atoms with E-state index in [9.17, 15) is 4.79 Å². The zero-order valence-corrected chi connectivity index (χ0v) is 12.4. The number of furan rings is 1. The number of halogens is 2. The average molecular weight is 352 g/mol. The lowest BCUT2D eigenvalue weighted by Crippen LogP contribution is -2.06. The van der Waals surface area contributed by atoms with Crippen LogP contribution in [0.2, 0.25) is 5.02 Å². The van der Waals surface area contributed by atoms with Crippen LogP contribution in [-0.4, -0.2) is 5.97 Å². The second-order valence-electron chi connectivity index (χ2n) is 4.14. The molecule has 3 rings (SSSR count). The fraction of sp³-hybridized carbons (Fsp3) is 0. The molecule has 0 saturated heterocycles. The highest BCUT2D eigenvalue weighted by Gasteiger charge is 2.15. The molecule has 0 atom stereocenters. The standard InChI is InChI=1S/C15H8BrClO3/c16-10-4-5-13-9(6-10)7-14(20-13)15(18)19-12-3-1-2-11(17)8-12/h1-8H. The topological polar surface area (TPSA) is 39.4 Å². The largest absolute Gasteiger partial charge is 0.449 e. The van der Waals surface area contributed by atoms with Gasteiger partial charge in [0.1, 0.15) is 11.3 Å². The summed E-state index contributed by atoms with van der Waals surface area (Å²) in [4.78, 5) is 12.0. The zero-order chi connectivity index (χ0) is 14.1. The van der Waals surface area contributed by atoms with Gasteiger partial charge in [0, 0.05) is 14.9 Å². The van der Waals surface area contributed by atoms with Crippen molar-refractivity contribution < 1.29 is 13.9 Å². The number of carbonyl (C=O) groups excluding carboxylic acids is 1. The highest BCUT2D eigenvalue weighted by Crippen LogP contribution is 2.25. The molecule has 0 amide bonds. The monoisotopic (exact) mass is 350 g/mol. The smallest absolute Gasteiger partial charge is 0.379 e. The van der Waals surface area contributed by atoms with Gasteiger partial charge >= 0.3 is 5.97 Å². The van der Waals surface area contributed by atoms with Gasteiger partial charge in [0.25, 0.3) is 0 Å². The van der Waals surface area contributed by atoms with Crippen molar-refractivity contribution in [2.24, 2.45) is 0 Å². The predicted octanol–water partition coefficient (Wildman–Crippen LogP) is 5.07. The molecular weight excluding hydrogens is 344 g/mol. The minimum absolute atomic E-state index is 0.151. The first-order valence-corrected chi connectivity index (χ1v) is 6.96. The van der Waals surface area contributed by atoms with Crippen molar-refractivity contribution in [2.75, 3.05) is 0 Å². The summed E-state index contributed by atoms with van der Waals surface area (Å²) in [6.45, 7) is 0. The van der Waals surface area contributed by atoms with E-state index in [1.807, 2.05) is 12.1 Å². The molecule has 100 valence electrons. The van der Waals surface area contributed by atoms with Crippen LogP contribution in [-0.2, 0) is 0 Å².